The summed E-state index contributed by atoms with van der Waals surface area (Å²) in [5, 5.41) is 0. The summed E-state index contributed by atoms with van der Waals surface area (Å²) in [6, 6.07) is 0. The van der Waals surface area contributed by atoms with Gasteiger partial charge in [0.15, 0.2) is 0 Å². The highest BCUT2D eigenvalue weighted by atomic mass is 19.4. The lowest BCUT2D eigenvalue weighted by Gasteiger charge is -2.17. The van der Waals surface area contributed by atoms with Gasteiger partial charge < -0.3 is 9.47 Å². The van der Waals surface area contributed by atoms with E-state index >= 15 is 0 Å². The van der Waals surface area contributed by atoms with Crippen LogP contribution in [0.3, 0.4) is 0 Å². The Hall–Kier alpha value is -1.34. The average Bonchev–Trinajstić information content (AvgIpc) is 2.56. The first-order valence-electron chi connectivity index (χ1n) is 4.59. The second kappa shape index (κ2) is 3.58. The fraction of sp³-hybridized carbons (Fsp3) is 0.556. The fourth-order valence-corrected chi connectivity index (χ4v) is 1.94. The first-order chi connectivity index (χ1) is 7.64. The third-order valence-electron chi connectivity index (χ3n) is 2.44. The monoisotopic (exact) mass is 260 g/mol. The zero-order valence-corrected chi connectivity index (χ0v) is 8.10. The molecule has 17 heavy (non-hydrogen) atoms. The van der Waals surface area contributed by atoms with E-state index in [0.29, 0.717) is 0 Å². The second-order valence-electron chi connectivity index (χ2n) is 3.68. The van der Waals surface area contributed by atoms with Gasteiger partial charge in [-0.05, 0) is 18.6 Å². The number of rotatable bonds is 2. The van der Waals surface area contributed by atoms with Crippen LogP contribution in [0.25, 0.3) is 0 Å². The number of fused-ring (bicyclic) bond motifs is 2. The van der Waals surface area contributed by atoms with E-state index in [1.165, 1.54) is 0 Å². The molecule has 0 aliphatic heterocycles. The number of halogens is 6. The van der Waals surface area contributed by atoms with Crippen LogP contribution in [-0.4, -0.2) is 12.7 Å². The van der Waals surface area contributed by atoms with Gasteiger partial charge in [-0.2, -0.15) is 0 Å². The molecule has 0 N–H and O–H groups in total. The summed E-state index contributed by atoms with van der Waals surface area (Å²) in [5.74, 6) is -2.31. The summed E-state index contributed by atoms with van der Waals surface area (Å²) in [6.07, 6.45) is -7.50. The Kier molecular flexibility index (Phi) is 2.55. The van der Waals surface area contributed by atoms with Crippen molar-refractivity contribution in [3.8, 4) is 0 Å². The van der Waals surface area contributed by atoms with Crippen molar-refractivity contribution in [2.45, 2.75) is 19.1 Å². The van der Waals surface area contributed by atoms with E-state index in [9.17, 15) is 26.3 Å². The molecule has 0 heterocycles. The van der Waals surface area contributed by atoms with E-state index in [2.05, 4.69) is 9.47 Å². The summed E-state index contributed by atoms with van der Waals surface area (Å²) in [4.78, 5) is 0. The highest BCUT2D eigenvalue weighted by Gasteiger charge is 2.45. The van der Waals surface area contributed by atoms with Crippen LogP contribution in [0, 0.1) is 11.8 Å². The molecule has 0 aromatic heterocycles. The predicted octanol–water partition coefficient (Wildman–Crippen LogP) is 3.48. The Labute approximate surface area is 91.5 Å². The molecule has 8 heteroatoms. The Morgan fingerprint density at radius 2 is 1.18 bits per heavy atom. The van der Waals surface area contributed by atoms with E-state index in [0.717, 1.165) is 12.2 Å². The largest absolute Gasteiger partial charge is 0.572 e. The van der Waals surface area contributed by atoms with Crippen LogP contribution < -0.4 is 0 Å². The zero-order valence-electron chi connectivity index (χ0n) is 8.10. The van der Waals surface area contributed by atoms with Crippen molar-refractivity contribution in [3.63, 3.8) is 0 Å². The van der Waals surface area contributed by atoms with E-state index in [-0.39, 0.29) is 17.9 Å². The molecule has 0 saturated heterocycles. The number of ether oxygens (including phenoxy) is 2. The SMILES string of the molecule is FC(F)(F)OC1=CC2CC1C=C2OC(F)(F)F. The van der Waals surface area contributed by atoms with Gasteiger partial charge in [-0.15, -0.1) is 26.3 Å². The Bertz CT molecular complexity index is 342. The van der Waals surface area contributed by atoms with Crippen molar-refractivity contribution in [1.29, 1.82) is 0 Å². The van der Waals surface area contributed by atoms with Gasteiger partial charge in [0.05, 0.1) is 0 Å². The van der Waals surface area contributed by atoms with Gasteiger partial charge in [0.25, 0.3) is 0 Å². The van der Waals surface area contributed by atoms with Crippen LogP contribution >= 0.6 is 0 Å². The normalized spacial score (nSPS) is 27.9. The maximum Gasteiger partial charge on any atom is 0.572 e. The summed E-state index contributed by atoms with van der Waals surface area (Å²) in [7, 11) is 0. The standard InChI is InChI=1S/C9H6F6O2/c10-8(11,12)16-6-2-4-1-5(6)3-7(4)17-9(13,14)15/h2-5H,1H2. The van der Waals surface area contributed by atoms with Crippen LogP contribution in [0.4, 0.5) is 26.3 Å². The molecule has 0 aromatic carbocycles. The Balaban J connectivity index is 2.01. The Morgan fingerprint density at radius 1 is 0.824 bits per heavy atom. The molecule has 0 fully saturated rings. The highest BCUT2D eigenvalue weighted by Crippen LogP contribution is 2.46. The molecule has 96 valence electrons. The van der Waals surface area contributed by atoms with Gasteiger partial charge >= 0.3 is 12.7 Å². The molecule has 0 spiro atoms. The van der Waals surface area contributed by atoms with Crippen molar-refractivity contribution in [1.82, 2.24) is 0 Å². The van der Waals surface area contributed by atoms with Crippen molar-refractivity contribution >= 4 is 0 Å². The van der Waals surface area contributed by atoms with Crippen LogP contribution in [0.15, 0.2) is 23.7 Å². The summed E-state index contributed by atoms with van der Waals surface area (Å²) < 4.78 is 78.8. The van der Waals surface area contributed by atoms with Crippen molar-refractivity contribution in [3.05, 3.63) is 23.7 Å². The lowest BCUT2D eigenvalue weighted by Crippen LogP contribution is -2.17. The maximum atomic E-state index is 11.9. The molecule has 0 aromatic rings. The zero-order chi connectivity index (χ0) is 12.8. The molecule has 0 amide bonds. The van der Waals surface area contributed by atoms with E-state index in [1.807, 2.05) is 0 Å². The molecular weight excluding hydrogens is 254 g/mol. The van der Waals surface area contributed by atoms with E-state index in [1.54, 1.807) is 0 Å². The minimum absolute atomic E-state index is 0.122. The molecule has 2 unspecified atom stereocenters. The maximum absolute atomic E-state index is 11.9. The number of hydrogen-bond acceptors (Lipinski definition) is 2. The highest BCUT2D eigenvalue weighted by molar-refractivity contribution is 5.30. The predicted molar refractivity (Wildman–Crippen MR) is 42.0 cm³/mol. The lowest BCUT2D eigenvalue weighted by molar-refractivity contribution is -0.310. The Morgan fingerprint density at radius 3 is 1.41 bits per heavy atom. The molecule has 2 atom stereocenters. The summed E-state index contributed by atoms with van der Waals surface area (Å²) in [5.41, 5.74) is 0. The average molecular weight is 260 g/mol. The van der Waals surface area contributed by atoms with Crippen LogP contribution in [0.2, 0.25) is 0 Å². The quantitative estimate of drug-likeness (QED) is 0.708. The summed E-state index contributed by atoms with van der Waals surface area (Å²) >= 11 is 0. The second-order valence-corrected chi connectivity index (χ2v) is 3.68. The van der Waals surface area contributed by atoms with Gasteiger partial charge in [-0.3, -0.25) is 0 Å². The molecule has 2 nitrogen and oxygen atoms in total. The van der Waals surface area contributed by atoms with Crippen LogP contribution in [0.5, 0.6) is 0 Å². The first kappa shape index (κ1) is 12.1. The van der Waals surface area contributed by atoms with E-state index in [4.69, 9.17) is 0 Å². The van der Waals surface area contributed by atoms with Crippen molar-refractivity contribution in [2.75, 3.05) is 0 Å². The molecular formula is C9H6F6O2. The molecule has 2 aliphatic rings. The van der Waals surface area contributed by atoms with Crippen molar-refractivity contribution < 1.29 is 35.8 Å². The number of hydrogen-bond donors (Lipinski definition) is 0. The third kappa shape index (κ3) is 2.86. The fourth-order valence-electron chi connectivity index (χ4n) is 1.94. The molecule has 0 radical (unpaired) electrons. The van der Waals surface area contributed by atoms with Gasteiger partial charge in [-0.1, -0.05) is 0 Å². The van der Waals surface area contributed by atoms with Crippen molar-refractivity contribution in [2.24, 2.45) is 11.8 Å². The molecule has 2 rings (SSSR count). The van der Waals surface area contributed by atoms with Gasteiger partial charge in [0.1, 0.15) is 11.5 Å². The lowest BCUT2D eigenvalue weighted by atomic mass is 10.1. The number of allylic oxidation sites excluding steroid dienone is 2. The first-order valence-corrected chi connectivity index (χ1v) is 4.59. The topological polar surface area (TPSA) is 18.5 Å². The van der Waals surface area contributed by atoms with Crippen LogP contribution in [-0.2, 0) is 9.47 Å². The molecule has 2 aliphatic carbocycles. The van der Waals surface area contributed by atoms with E-state index < -0.39 is 24.6 Å². The van der Waals surface area contributed by atoms with Gasteiger partial charge in [-0.25, -0.2) is 0 Å². The number of alkyl halides is 6. The molecule has 0 saturated carbocycles. The minimum Gasteiger partial charge on any atom is -0.410 e. The summed E-state index contributed by atoms with van der Waals surface area (Å²) in [6.45, 7) is 0. The minimum atomic E-state index is -4.82. The van der Waals surface area contributed by atoms with Crippen LogP contribution in [0.1, 0.15) is 6.42 Å². The smallest absolute Gasteiger partial charge is 0.410 e. The van der Waals surface area contributed by atoms with Gasteiger partial charge in [0, 0.05) is 11.8 Å². The van der Waals surface area contributed by atoms with Gasteiger partial charge in [0.2, 0.25) is 0 Å². The molecule has 2 bridgehead atoms. The third-order valence-corrected chi connectivity index (χ3v) is 2.44.